The summed E-state index contributed by atoms with van der Waals surface area (Å²) in [5.74, 6) is 1.75. The molecule has 1 amide bonds. The van der Waals surface area contributed by atoms with E-state index in [1.807, 2.05) is 42.5 Å². The van der Waals surface area contributed by atoms with Crippen LogP contribution in [0.1, 0.15) is 11.1 Å². The summed E-state index contributed by atoms with van der Waals surface area (Å²) in [5, 5.41) is 12.7. The van der Waals surface area contributed by atoms with Crippen LogP contribution in [0.3, 0.4) is 0 Å². The number of hydrogen-bond acceptors (Lipinski definition) is 6. The van der Waals surface area contributed by atoms with Crippen LogP contribution >= 0.6 is 58.1 Å². The van der Waals surface area contributed by atoms with Crippen molar-refractivity contribution in [2.45, 2.75) is 15.8 Å². The fraction of sp³-hybridized carbons (Fsp3) is 0.167. The smallest absolute Gasteiger partial charge is 0.236 e. The molecule has 2 aromatic carbocycles. The van der Waals surface area contributed by atoms with Gasteiger partial charge in [0, 0.05) is 21.6 Å². The van der Waals surface area contributed by atoms with Crippen LogP contribution in [0.25, 0.3) is 0 Å². The molecule has 0 saturated carbocycles. The van der Waals surface area contributed by atoms with E-state index in [2.05, 4.69) is 15.5 Å². The molecule has 4 nitrogen and oxygen atoms in total. The number of thioether (sulfide) groups is 2. The van der Waals surface area contributed by atoms with Crippen LogP contribution in [0.4, 0.5) is 5.13 Å². The second-order valence-corrected chi connectivity index (χ2v) is 9.45. The van der Waals surface area contributed by atoms with Crippen LogP contribution < -0.4 is 5.32 Å². The molecule has 0 bridgehead atoms. The fourth-order valence-corrected chi connectivity index (χ4v) is 5.20. The zero-order chi connectivity index (χ0) is 19.1. The maximum absolute atomic E-state index is 12.0. The summed E-state index contributed by atoms with van der Waals surface area (Å²) < 4.78 is 0.772. The molecular weight excluding hydrogens is 441 g/mol. The minimum absolute atomic E-state index is 0.0793. The minimum Gasteiger partial charge on any atom is -0.300 e. The SMILES string of the molecule is O=C(CSCc1ccccc1)Nc1nnc(SCc2ccc(Cl)cc2Cl)s1. The molecule has 1 heterocycles. The lowest BCUT2D eigenvalue weighted by molar-refractivity contribution is -0.113. The highest BCUT2D eigenvalue weighted by atomic mass is 35.5. The largest absolute Gasteiger partial charge is 0.300 e. The van der Waals surface area contributed by atoms with E-state index in [0.717, 1.165) is 15.7 Å². The van der Waals surface area contributed by atoms with Gasteiger partial charge in [-0.1, -0.05) is 82.7 Å². The second-order valence-electron chi connectivity index (χ2n) is 5.42. The Kier molecular flexibility index (Phi) is 7.84. The van der Waals surface area contributed by atoms with E-state index >= 15 is 0 Å². The molecule has 0 aliphatic rings. The molecule has 0 saturated heterocycles. The summed E-state index contributed by atoms with van der Waals surface area (Å²) in [6.07, 6.45) is 0. The lowest BCUT2D eigenvalue weighted by atomic mass is 10.2. The molecule has 0 radical (unpaired) electrons. The third-order valence-electron chi connectivity index (χ3n) is 3.36. The van der Waals surface area contributed by atoms with Gasteiger partial charge in [-0.05, 0) is 23.3 Å². The minimum atomic E-state index is -0.0793. The molecule has 0 aliphatic carbocycles. The number of carbonyl (C=O) groups excluding carboxylic acids is 1. The zero-order valence-corrected chi connectivity index (χ0v) is 18.0. The summed E-state index contributed by atoms with van der Waals surface area (Å²) in [5.41, 5.74) is 2.18. The molecule has 27 heavy (non-hydrogen) atoms. The van der Waals surface area contributed by atoms with Gasteiger partial charge in [-0.2, -0.15) is 0 Å². The molecule has 9 heteroatoms. The van der Waals surface area contributed by atoms with Crippen LogP contribution in [0.2, 0.25) is 10.0 Å². The van der Waals surface area contributed by atoms with Crippen molar-refractivity contribution in [3.05, 3.63) is 69.7 Å². The van der Waals surface area contributed by atoms with Gasteiger partial charge in [0.05, 0.1) is 5.75 Å². The Morgan fingerprint density at radius 3 is 2.67 bits per heavy atom. The number of nitrogens with one attached hydrogen (secondary N) is 1. The van der Waals surface area contributed by atoms with Crippen molar-refractivity contribution < 1.29 is 4.79 Å². The van der Waals surface area contributed by atoms with E-state index in [0.29, 0.717) is 26.7 Å². The Balaban J connectivity index is 1.43. The summed E-state index contributed by atoms with van der Waals surface area (Å²) in [7, 11) is 0. The first kappa shape index (κ1) is 20.5. The number of aromatic nitrogens is 2. The lowest BCUT2D eigenvalue weighted by Gasteiger charge is -2.02. The van der Waals surface area contributed by atoms with Crippen molar-refractivity contribution in [1.82, 2.24) is 10.2 Å². The van der Waals surface area contributed by atoms with Gasteiger partial charge >= 0.3 is 0 Å². The summed E-state index contributed by atoms with van der Waals surface area (Å²) in [6.45, 7) is 0. The van der Waals surface area contributed by atoms with Gasteiger partial charge in [-0.15, -0.1) is 22.0 Å². The van der Waals surface area contributed by atoms with Crippen LogP contribution in [0.5, 0.6) is 0 Å². The van der Waals surface area contributed by atoms with Crippen molar-refractivity contribution in [2.75, 3.05) is 11.1 Å². The van der Waals surface area contributed by atoms with Gasteiger partial charge in [0.25, 0.3) is 0 Å². The lowest BCUT2D eigenvalue weighted by Crippen LogP contribution is -2.13. The highest BCUT2D eigenvalue weighted by Gasteiger charge is 2.10. The van der Waals surface area contributed by atoms with E-state index in [9.17, 15) is 4.79 Å². The highest BCUT2D eigenvalue weighted by Crippen LogP contribution is 2.31. The molecule has 0 atom stereocenters. The Labute approximate surface area is 180 Å². The van der Waals surface area contributed by atoms with Crippen molar-refractivity contribution in [3.63, 3.8) is 0 Å². The molecule has 0 unspecified atom stereocenters. The van der Waals surface area contributed by atoms with Gasteiger partial charge in [0.2, 0.25) is 11.0 Å². The van der Waals surface area contributed by atoms with Gasteiger partial charge in [0.15, 0.2) is 4.34 Å². The van der Waals surface area contributed by atoms with Crippen LogP contribution in [-0.2, 0) is 16.3 Å². The molecule has 0 aliphatic heterocycles. The Hall–Kier alpha value is -1.25. The first-order chi connectivity index (χ1) is 13.1. The van der Waals surface area contributed by atoms with E-state index in [1.54, 1.807) is 17.8 Å². The number of nitrogens with zero attached hydrogens (tertiary/aromatic N) is 2. The topological polar surface area (TPSA) is 54.9 Å². The first-order valence-corrected chi connectivity index (χ1v) is 11.6. The maximum atomic E-state index is 12.0. The number of rotatable bonds is 8. The molecule has 140 valence electrons. The van der Waals surface area contributed by atoms with Crippen LogP contribution in [0.15, 0.2) is 52.9 Å². The van der Waals surface area contributed by atoms with Crippen molar-refractivity contribution in [1.29, 1.82) is 0 Å². The number of carbonyl (C=O) groups is 1. The normalized spacial score (nSPS) is 10.7. The molecule has 0 fully saturated rings. The average molecular weight is 456 g/mol. The van der Waals surface area contributed by atoms with Gasteiger partial charge < -0.3 is 0 Å². The van der Waals surface area contributed by atoms with Crippen molar-refractivity contribution in [3.8, 4) is 0 Å². The first-order valence-electron chi connectivity index (χ1n) is 7.92. The number of hydrogen-bond donors (Lipinski definition) is 1. The summed E-state index contributed by atoms with van der Waals surface area (Å²) in [4.78, 5) is 12.0. The van der Waals surface area contributed by atoms with Gasteiger partial charge in [-0.3, -0.25) is 10.1 Å². The molecule has 3 aromatic rings. The van der Waals surface area contributed by atoms with Crippen molar-refractivity contribution in [2.24, 2.45) is 0 Å². The molecule has 1 aromatic heterocycles. The molecule has 1 N–H and O–H groups in total. The molecule has 0 spiro atoms. The number of benzene rings is 2. The average Bonchev–Trinajstić information content (AvgIpc) is 3.09. The standard InChI is InChI=1S/C18H15Cl2N3OS3/c19-14-7-6-13(15(20)8-14)10-26-18-23-22-17(27-18)21-16(24)11-25-9-12-4-2-1-3-5-12/h1-8H,9-11H2,(H,21,22,24). The molecular formula is C18H15Cl2N3OS3. The summed E-state index contributed by atoms with van der Waals surface area (Å²) >= 11 is 16.5. The quantitative estimate of drug-likeness (QED) is 0.332. The van der Waals surface area contributed by atoms with Crippen LogP contribution in [-0.4, -0.2) is 21.9 Å². The van der Waals surface area contributed by atoms with Crippen molar-refractivity contribution >= 4 is 69.1 Å². The van der Waals surface area contributed by atoms with E-state index in [4.69, 9.17) is 23.2 Å². The Morgan fingerprint density at radius 1 is 1.07 bits per heavy atom. The second kappa shape index (κ2) is 10.3. The van der Waals surface area contributed by atoms with Crippen LogP contribution in [0, 0.1) is 0 Å². The number of halogens is 2. The maximum Gasteiger partial charge on any atom is 0.236 e. The van der Waals surface area contributed by atoms with E-state index in [1.165, 1.54) is 28.7 Å². The Morgan fingerprint density at radius 2 is 1.89 bits per heavy atom. The third kappa shape index (κ3) is 6.69. The van der Waals surface area contributed by atoms with Gasteiger partial charge in [0.1, 0.15) is 0 Å². The number of amides is 1. The number of anilines is 1. The fourth-order valence-electron chi connectivity index (χ4n) is 2.09. The predicted octanol–water partition coefficient (Wildman–Crippen LogP) is 6.01. The third-order valence-corrected chi connectivity index (χ3v) is 6.98. The Bertz CT molecular complexity index is 906. The summed E-state index contributed by atoms with van der Waals surface area (Å²) in [6, 6.07) is 15.5. The highest BCUT2D eigenvalue weighted by molar-refractivity contribution is 8.00. The van der Waals surface area contributed by atoms with E-state index in [-0.39, 0.29) is 5.91 Å². The van der Waals surface area contributed by atoms with Gasteiger partial charge in [-0.25, -0.2) is 0 Å². The zero-order valence-electron chi connectivity index (χ0n) is 14.0. The monoisotopic (exact) mass is 455 g/mol. The van der Waals surface area contributed by atoms with E-state index < -0.39 is 0 Å². The predicted molar refractivity (Wildman–Crippen MR) is 117 cm³/mol. The molecule has 3 rings (SSSR count).